The van der Waals surface area contributed by atoms with Crippen molar-refractivity contribution in [2.75, 3.05) is 13.7 Å². The van der Waals surface area contributed by atoms with Crippen molar-refractivity contribution >= 4 is 34.0 Å². The van der Waals surface area contributed by atoms with E-state index in [2.05, 4.69) is 26.5 Å². The first-order valence-corrected chi connectivity index (χ1v) is 10.4. The summed E-state index contributed by atoms with van der Waals surface area (Å²) < 4.78 is 17.0. The maximum Gasteiger partial charge on any atom is 0.343 e. The minimum absolute atomic E-state index is 0.183. The molecule has 0 aliphatic rings. The maximum atomic E-state index is 12.3. The number of para-hydroxylation sites is 1. The van der Waals surface area contributed by atoms with Gasteiger partial charge in [0.2, 0.25) is 0 Å². The van der Waals surface area contributed by atoms with Crippen LogP contribution in [-0.2, 0) is 4.79 Å². The Labute approximate surface area is 194 Å². The summed E-state index contributed by atoms with van der Waals surface area (Å²) in [6.45, 7) is 1.76. The summed E-state index contributed by atoms with van der Waals surface area (Å²) in [5.41, 5.74) is 4.53. The Bertz CT molecular complexity index is 1130. The zero-order valence-corrected chi connectivity index (χ0v) is 19.1. The van der Waals surface area contributed by atoms with Crippen molar-refractivity contribution in [1.29, 1.82) is 0 Å². The quantitative estimate of drug-likeness (QED) is 0.214. The lowest BCUT2D eigenvalue weighted by molar-refractivity contribution is -0.123. The zero-order chi connectivity index (χ0) is 22.9. The molecule has 0 atom stereocenters. The normalized spacial score (nSPS) is 10.6. The highest BCUT2D eigenvalue weighted by atomic mass is 79.9. The van der Waals surface area contributed by atoms with E-state index in [0.717, 1.165) is 10.0 Å². The van der Waals surface area contributed by atoms with Gasteiger partial charge in [-0.3, -0.25) is 4.79 Å². The van der Waals surface area contributed by atoms with Crippen molar-refractivity contribution < 1.29 is 23.8 Å². The predicted molar refractivity (Wildman–Crippen MR) is 125 cm³/mol. The molecule has 0 bridgehead atoms. The minimum Gasteiger partial charge on any atom is -0.493 e. The highest BCUT2D eigenvalue weighted by Crippen LogP contribution is 2.28. The number of methoxy groups -OCH3 is 1. The second-order valence-corrected chi connectivity index (χ2v) is 7.53. The van der Waals surface area contributed by atoms with E-state index in [-0.39, 0.29) is 12.4 Å². The lowest BCUT2D eigenvalue weighted by Gasteiger charge is -2.10. The lowest BCUT2D eigenvalue weighted by Crippen LogP contribution is -2.24. The van der Waals surface area contributed by atoms with Gasteiger partial charge in [0.15, 0.2) is 18.1 Å². The molecule has 3 aromatic rings. The number of carbonyl (C=O) groups is 2. The van der Waals surface area contributed by atoms with E-state index in [0.29, 0.717) is 22.6 Å². The van der Waals surface area contributed by atoms with Gasteiger partial charge in [-0.2, -0.15) is 5.10 Å². The van der Waals surface area contributed by atoms with Gasteiger partial charge < -0.3 is 14.2 Å². The second kappa shape index (κ2) is 11.1. The maximum absolute atomic E-state index is 12.3. The number of ether oxygens (including phenoxy) is 3. The molecule has 0 unspecified atom stereocenters. The topological polar surface area (TPSA) is 86.2 Å². The van der Waals surface area contributed by atoms with Crippen LogP contribution in [0, 0.1) is 6.92 Å². The molecule has 0 heterocycles. The summed E-state index contributed by atoms with van der Waals surface area (Å²) in [7, 11) is 1.47. The molecule has 7 nitrogen and oxygen atoms in total. The van der Waals surface area contributed by atoms with Crippen molar-refractivity contribution in [2.45, 2.75) is 6.92 Å². The van der Waals surface area contributed by atoms with Gasteiger partial charge in [-0.1, -0.05) is 29.8 Å². The van der Waals surface area contributed by atoms with E-state index >= 15 is 0 Å². The second-order valence-electron chi connectivity index (χ2n) is 6.68. The molecule has 3 rings (SSSR count). The molecule has 0 fully saturated rings. The number of nitrogens with zero attached hydrogens (tertiary/aromatic N) is 1. The molecule has 164 valence electrons. The van der Waals surface area contributed by atoms with Crippen LogP contribution in [0.3, 0.4) is 0 Å². The number of carbonyl (C=O) groups excluding carboxylic acids is 2. The van der Waals surface area contributed by atoms with Crippen molar-refractivity contribution in [3.05, 3.63) is 87.9 Å². The molecule has 1 N–H and O–H groups in total. The Balaban J connectivity index is 1.57. The third kappa shape index (κ3) is 6.42. The number of hydrazone groups is 1. The highest BCUT2D eigenvalue weighted by Gasteiger charge is 2.13. The standard InChI is InChI=1S/C24H21BrN2O5/c1-16-7-10-18(11-8-16)24(29)32-21-12-9-17(13-22(21)30-2)14-26-27-23(28)15-31-20-6-4-3-5-19(20)25/h3-14H,15H2,1-2H3,(H,27,28). The minimum atomic E-state index is -0.484. The molecule has 1 amide bonds. The first kappa shape index (κ1) is 23.0. The van der Waals surface area contributed by atoms with Crippen LogP contribution in [0.15, 0.2) is 76.3 Å². The van der Waals surface area contributed by atoms with Crippen LogP contribution in [0.5, 0.6) is 17.2 Å². The summed E-state index contributed by atoms with van der Waals surface area (Å²) in [5, 5.41) is 3.92. The van der Waals surface area contributed by atoms with E-state index in [1.807, 2.05) is 37.3 Å². The number of benzene rings is 3. The van der Waals surface area contributed by atoms with Gasteiger partial charge in [0.05, 0.1) is 23.4 Å². The largest absolute Gasteiger partial charge is 0.493 e. The molecule has 0 spiro atoms. The molecule has 0 aliphatic carbocycles. The summed E-state index contributed by atoms with van der Waals surface area (Å²) in [4.78, 5) is 24.3. The van der Waals surface area contributed by atoms with Gasteiger partial charge in [0.25, 0.3) is 5.91 Å². The summed E-state index contributed by atoms with van der Waals surface area (Å²) in [6.07, 6.45) is 1.45. The zero-order valence-electron chi connectivity index (χ0n) is 17.5. The Morgan fingerprint density at radius 1 is 1.00 bits per heavy atom. The van der Waals surface area contributed by atoms with Gasteiger partial charge in [0, 0.05) is 0 Å². The number of esters is 1. The van der Waals surface area contributed by atoms with Gasteiger partial charge in [0.1, 0.15) is 5.75 Å². The van der Waals surface area contributed by atoms with Gasteiger partial charge in [-0.25, -0.2) is 10.2 Å². The van der Waals surface area contributed by atoms with E-state index < -0.39 is 11.9 Å². The average Bonchev–Trinajstić information content (AvgIpc) is 2.79. The number of hydrogen-bond donors (Lipinski definition) is 1. The molecule has 0 saturated heterocycles. The molecule has 0 aliphatic heterocycles. The Morgan fingerprint density at radius 2 is 1.75 bits per heavy atom. The van der Waals surface area contributed by atoms with Gasteiger partial charge in [-0.05, 0) is 70.9 Å². The van der Waals surface area contributed by atoms with Crippen LogP contribution in [-0.4, -0.2) is 31.8 Å². The Hall–Kier alpha value is -3.65. The lowest BCUT2D eigenvalue weighted by atomic mass is 10.1. The first-order chi connectivity index (χ1) is 15.5. The fraction of sp³-hybridized carbons (Fsp3) is 0.125. The molecule has 32 heavy (non-hydrogen) atoms. The van der Waals surface area contributed by atoms with Crippen molar-refractivity contribution in [2.24, 2.45) is 5.10 Å². The number of hydrogen-bond acceptors (Lipinski definition) is 6. The number of aryl methyl sites for hydroxylation is 1. The van der Waals surface area contributed by atoms with Crippen molar-refractivity contribution in [3.63, 3.8) is 0 Å². The fourth-order valence-electron chi connectivity index (χ4n) is 2.61. The number of nitrogens with one attached hydrogen (secondary N) is 1. The van der Waals surface area contributed by atoms with E-state index in [1.54, 1.807) is 36.4 Å². The molecule has 0 saturated carbocycles. The SMILES string of the molecule is COc1cc(C=NNC(=O)COc2ccccc2Br)ccc1OC(=O)c1ccc(C)cc1. The molecular weight excluding hydrogens is 476 g/mol. The van der Waals surface area contributed by atoms with Crippen LogP contribution in [0.2, 0.25) is 0 Å². The van der Waals surface area contributed by atoms with Crippen molar-refractivity contribution in [3.8, 4) is 17.2 Å². The smallest absolute Gasteiger partial charge is 0.343 e. The first-order valence-electron chi connectivity index (χ1n) is 9.62. The van der Waals surface area contributed by atoms with Gasteiger partial charge >= 0.3 is 5.97 Å². The van der Waals surface area contributed by atoms with Crippen LogP contribution in [0.25, 0.3) is 0 Å². The van der Waals surface area contributed by atoms with Gasteiger partial charge in [-0.15, -0.1) is 0 Å². The average molecular weight is 497 g/mol. The van der Waals surface area contributed by atoms with Crippen LogP contribution >= 0.6 is 15.9 Å². The predicted octanol–water partition coefficient (Wildman–Crippen LogP) is 4.51. The van der Waals surface area contributed by atoms with E-state index in [9.17, 15) is 9.59 Å². The molecule has 8 heteroatoms. The third-order valence-electron chi connectivity index (χ3n) is 4.28. The Morgan fingerprint density at radius 3 is 2.47 bits per heavy atom. The van der Waals surface area contributed by atoms with Crippen LogP contribution < -0.4 is 19.6 Å². The summed E-state index contributed by atoms with van der Waals surface area (Å²) in [5.74, 6) is 0.306. The van der Waals surface area contributed by atoms with Crippen molar-refractivity contribution in [1.82, 2.24) is 5.43 Å². The highest BCUT2D eigenvalue weighted by molar-refractivity contribution is 9.10. The summed E-state index contributed by atoms with van der Waals surface area (Å²) >= 11 is 3.35. The third-order valence-corrected chi connectivity index (χ3v) is 4.93. The number of amides is 1. The molecule has 0 radical (unpaired) electrons. The van der Waals surface area contributed by atoms with E-state index in [4.69, 9.17) is 14.2 Å². The monoisotopic (exact) mass is 496 g/mol. The van der Waals surface area contributed by atoms with Crippen LogP contribution in [0.1, 0.15) is 21.5 Å². The summed E-state index contributed by atoms with van der Waals surface area (Å²) in [6, 6.07) is 19.2. The number of rotatable bonds is 8. The molecule has 0 aromatic heterocycles. The molecule has 3 aromatic carbocycles. The molecular formula is C24H21BrN2O5. The number of halogens is 1. The Kier molecular flexibility index (Phi) is 7.99. The van der Waals surface area contributed by atoms with Crippen LogP contribution in [0.4, 0.5) is 0 Å². The van der Waals surface area contributed by atoms with E-state index in [1.165, 1.54) is 13.3 Å². The fourth-order valence-corrected chi connectivity index (χ4v) is 3.01.